The lowest BCUT2D eigenvalue weighted by molar-refractivity contribution is -0.221. The molecule has 1 atom stereocenters. The standard InChI is InChI=1S/C32H41ClN4O7.C2H6/c1-31(2,11-12-44-32(3,4)29(42-5)43-6)21-14-22(33)16-23(15-21)35-30(41)34-17-19-7-8-24-20(13-19)18-37(28(24)40)25-9-10-26(38)36-27(25)39;1-2/h7-8,13-16,25,29H,9-12,17-18H2,1-6H3,(H2,34,35,41)(H,36,38,39);1-2H3. The number of imide groups is 1. The summed E-state index contributed by atoms with van der Waals surface area (Å²) in [7, 11) is 3.15. The third kappa shape index (κ3) is 9.06. The Morgan fingerprint density at radius 1 is 1.07 bits per heavy atom. The number of ether oxygens (including phenoxy) is 3. The lowest BCUT2D eigenvalue weighted by Gasteiger charge is -2.34. The van der Waals surface area contributed by atoms with Crippen LogP contribution in [-0.2, 0) is 42.3 Å². The molecule has 0 spiro atoms. The summed E-state index contributed by atoms with van der Waals surface area (Å²) >= 11 is 6.44. The molecule has 2 aliphatic rings. The number of anilines is 1. The average Bonchev–Trinajstić information content (AvgIpc) is 3.32. The van der Waals surface area contributed by atoms with Gasteiger partial charge in [0.15, 0.2) is 6.29 Å². The van der Waals surface area contributed by atoms with Gasteiger partial charge in [0.05, 0.1) is 0 Å². The minimum absolute atomic E-state index is 0.198. The highest BCUT2D eigenvalue weighted by Gasteiger charge is 2.39. The zero-order valence-electron chi connectivity index (χ0n) is 28.0. The topological polar surface area (TPSA) is 135 Å². The first-order valence-corrected chi connectivity index (χ1v) is 15.9. The quantitative estimate of drug-likeness (QED) is 0.202. The number of halogens is 1. The van der Waals surface area contributed by atoms with Gasteiger partial charge in [-0.2, -0.15) is 0 Å². The van der Waals surface area contributed by atoms with Gasteiger partial charge in [-0.25, -0.2) is 4.79 Å². The summed E-state index contributed by atoms with van der Waals surface area (Å²) in [5.74, 6) is -1.02. The molecule has 46 heavy (non-hydrogen) atoms. The lowest BCUT2D eigenvalue weighted by atomic mass is 9.81. The van der Waals surface area contributed by atoms with Crippen molar-refractivity contribution in [2.24, 2.45) is 0 Å². The molecule has 0 aliphatic carbocycles. The van der Waals surface area contributed by atoms with E-state index in [1.165, 1.54) is 4.90 Å². The summed E-state index contributed by atoms with van der Waals surface area (Å²) in [6, 6.07) is 9.71. The molecule has 0 radical (unpaired) electrons. The van der Waals surface area contributed by atoms with Crippen LogP contribution in [0, 0.1) is 0 Å². The van der Waals surface area contributed by atoms with Crippen molar-refractivity contribution in [3.63, 3.8) is 0 Å². The third-order valence-corrected chi connectivity index (χ3v) is 8.39. The molecule has 2 heterocycles. The summed E-state index contributed by atoms with van der Waals surface area (Å²) in [6.07, 6.45) is 0.683. The predicted molar refractivity (Wildman–Crippen MR) is 177 cm³/mol. The number of rotatable bonds is 12. The van der Waals surface area contributed by atoms with E-state index >= 15 is 0 Å². The van der Waals surface area contributed by atoms with E-state index in [0.29, 0.717) is 35.7 Å². The molecule has 5 amide bonds. The van der Waals surface area contributed by atoms with Gasteiger partial charge in [0.2, 0.25) is 11.8 Å². The van der Waals surface area contributed by atoms with E-state index in [1.807, 2.05) is 45.9 Å². The molecule has 12 heteroatoms. The Hall–Kier alpha value is -3.51. The number of benzene rings is 2. The summed E-state index contributed by atoms with van der Waals surface area (Å²) < 4.78 is 16.8. The highest BCUT2D eigenvalue weighted by atomic mass is 35.5. The molecular formula is C34H47ClN4O7. The van der Waals surface area contributed by atoms with Gasteiger partial charge < -0.3 is 29.7 Å². The summed E-state index contributed by atoms with van der Waals surface area (Å²) in [4.78, 5) is 51.1. The van der Waals surface area contributed by atoms with Crippen LogP contribution in [0.25, 0.3) is 0 Å². The fourth-order valence-electron chi connectivity index (χ4n) is 5.59. The average molecular weight is 659 g/mol. The second-order valence-electron chi connectivity index (χ2n) is 12.3. The van der Waals surface area contributed by atoms with Crippen molar-refractivity contribution in [1.29, 1.82) is 0 Å². The van der Waals surface area contributed by atoms with Crippen molar-refractivity contribution in [3.05, 3.63) is 63.7 Å². The van der Waals surface area contributed by atoms with E-state index in [2.05, 4.69) is 29.8 Å². The predicted octanol–water partition coefficient (Wildman–Crippen LogP) is 5.53. The fourth-order valence-corrected chi connectivity index (χ4v) is 5.83. The molecule has 3 N–H and O–H groups in total. The van der Waals surface area contributed by atoms with E-state index in [1.54, 1.807) is 32.4 Å². The zero-order valence-corrected chi connectivity index (χ0v) is 28.8. The Morgan fingerprint density at radius 2 is 1.76 bits per heavy atom. The second kappa shape index (κ2) is 15.9. The SMILES string of the molecule is CC.COC(OC)C(C)(C)OCCC(C)(C)c1cc(Cl)cc(NC(=O)NCc2ccc3c(c2)CN(C2CCC(=O)NC2=O)C3=O)c1. The van der Waals surface area contributed by atoms with Crippen molar-refractivity contribution >= 4 is 41.0 Å². The molecule has 252 valence electrons. The van der Waals surface area contributed by atoms with Crippen LogP contribution in [0.1, 0.15) is 87.9 Å². The Morgan fingerprint density at radius 3 is 2.41 bits per heavy atom. The van der Waals surface area contributed by atoms with Gasteiger partial charge in [-0.3, -0.25) is 19.7 Å². The van der Waals surface area contributed by atoms with E-state index < -0.39 is 29.9 Å². The maximum absolute atomic E-state index is 12.9. The molecule has 2 aromatic rings. The number of carbonyl (C=O) groups excluding carboxylic acids is 4. The lowest BCUT2D eigenvalue weighted by Crippen LogP contribution is -2.52. The van der Waals surface area contributed by atoms with Crippen molar-refractivity contribution in [2.75, 3.05) is 26.1 Å². The van der Waals surface area contributed by atoms with E-state index in [9.17, 15) is 19.2 Å². The van der Waals surface area contributed by atoms with Gasteiger partial charge in [-0.1, -0.05) is 51.4 Å². The largest absolute Gasteiger partial charge is 0.370 e. The van der Waals surface area contributed by atoms with E-state index in [4.69, 9.17) is 25.8 Å². The first-order chi connectivity index (χ1) is 21.7. The number of hydrogen-bond acceptors (Lipinski definition) is 7. The summed E-state index contributed by atoms with van der Waals surface area (Å²) in [5.41, 5.74) is 2.64. The minimum atomic E-state index is -0.675. The number of carbonyl (C=O) groups is 4. The molecule has 2 aromatic carbocycles. The zero-order chi connectivity index (χ0) is 34.2. The Labute approximate surface area is 276 Å². The number of hydrogen-bond donors (Lipinski definition) is 3. The third-order valence-electron chi connectivity index (χ3n) is 8.18. The van der Waals surface area contributed by atoms with Gasteiger partial charge in [0.1, 0.15) is 11.6 Å². The Balaban J connectivity index is 0.00000282. The highest BCUT2D eigenvalue weighted by molar-refractivity contribution is 6.31. The molecule has 11 nitrogen and oxygen atoms in total. The van der Waals surface area contributed by atoms with Gasteiger partial charge in [-0.15, -0.1) is 0 Å². The summed E-state index contributed by atoms with van der Waals surface area (Å²) in [5, 5.41) is 8.51. The van der Waals surface area contributed by atoms with Crippen LogP contribution in [0.15, 0.2) is 36.4 Å². The number of methoxy groups -OCH3 is 2. The minimum Gasteiger partial charge on any atom is -0.370 e. The smallest absolute Gasteiger partial charge is 0.319 e. The maximum Gasteiger partial charge on any atom is 0.319 e. The van der Waals surface area contributed by atoms with Crippen LogP contribution < -0.4 is 16.0 Å². The van der Waals surface area contributed by atoms with Crippen LogP contribution in [0.2, 0.25) is 5.02 Å². The molecule has 4 rings (SSSR count). The van der Waals surface area contributed by atoms with Gasteiger partial charge >= 0.3 is 6.03 Å². The van der Waals surface area contributed by atoms with Crippen LogP contribution in [0.5, 0.6) is 0 Å². The number of fused-ring (bicyclic) bond motifs is 1. The monoisotopic (exact) mass is 658 g/mol. The van der Waals surface area contributed by atoms with Crippen molar-refractivity contribution in [2.45, 2.75) is 97.2 Å². The normalized spacial score (nSPS) is 16.5. The Bertz CT molecular complexity index is 1420. The van der Waals surface area contributed by atoms with Crippen LogP contribution in [0.3, 0.4) is 0 Å². The number of nitrogens with one attached hydrogen (secondary N) is 3. The van der Waals surface area contributed by atoms with Crippen molar-refractivity contribution in [1.82, 2.24) is 15.5 Å². The summed E-state index contributed by atoms with van der Waals surface area (Å²) in [6.45, 7) is 12.9. The number of nitrogens with zero attached hydrogens (tertiary/aromatic N) is 1. The van der Waals surface area contributed by atoms with Crippen LogP contribution in [0.4, 0.5) is 10.5 Å². The molecule has 1 unspecified atom stereocenters. The molecule has 0 aromatic heterocycles. The second-order valence-corrected chi connectivity index (χ2v) is 12.8. The first-order valence-electron chi connectivity index (χ1n) is 15.6. The van der Waals surface area contributed by atoms with Crippen molar-refractivity contribution < 1.29 is 33.4 Å². The maximum atomic E-state index is 12.9. The van der Waals surface area contributed by atoms with Crippen LogP contribution in [-0.4, -0.2) is 67.4 Å². The van der Waals surface area contributed by atoms with Gasteiger partial charge in [0, 0.05) is 56.6 Å². The molecule has 0 bridgehead atoms. The molecule has 1 fully saturated rings. The number of urea groups is 1. The molecule has 1 saturated heterocycles. The van der Waals surface area contributed by atoms with Gasteiger partial charge in [0.25, 0.3) is 5.91 Å². The van der Waals surface area contributed by atoms with Crippen molar-refractivity contribution in [3.8, 4) is 0 Å². The Kier molecular flexibility index (Phi) is 12.7. The molecule has 2 aliphatic heterocycles. The molecule has 0 saturated carbocycles. The molecular weight excluding hydrogens is 612 g/mol. The van der Waals surface area contributed by atoms with Gasteiger partial charge in [-0.05, 0) is 73.1 Å². The number of piperidine rings is 1. The first kappa shape index (κ1) is 37.0. The van der Waals surface area contributed by atoms with E-state index in [-0.39, 0.29) is 36.7 Å². The fraction of sp³-hybridized carbons (Fsp3) is 0.529. The number of amides is 5. The highest BCUT2D eigenvalue weighted by Crippen LogP contribution is 2.33. The van der Waals surface area contributed by atoms with E-state index in [0.717, 1.165) is 16.7 Å². The van der Waals surface area contributed by atoms with Crippen LogP contribution >= 0.6 is 11.6 Å².